The van der Waals surface area contributed by atoms with Gasteiger partial charge in [0, 0.05) is 17.2 Å². The molecule has 1 aromatic carbocycles. The third-order valence-electron chi connectivity index (χ3n) is 2.00. The molecule has 19 heavy (non-hydrogen) atoms. The van der Waals surface area contributed by atoms with Gasteiger partial charge in [-0.15, -0.1) is 0 Å². The minimum atomic E-state index is -0.434. The van der Waals surface area contributed by atoms with E-state index in [1.807, 2.05) is 6.92 Å². The lowest BCUT2D eigenvalue weighted by molar-refractivity contribution is 0.262. The predicted octanol–water partition coefficient (Wildman–Crippen LogP) is 3.43. The molecule has 2 aromatic rings. The van der Waals surface area contributed by atoms with Crippen molar-refractivity contribution in [3.8, 4) is 0 Å². The van der Waals surface area contributed by atoms with Crippen LogP contribution in [0.4, 0.5) is 20.0 Å². The van der Waals surface area contributed by atoms with Gasteiger partial charge >= 0.3 is 6.03 Å². The van der Waals surface area contributed by atoms with Crippen LogP contribution < -0.4 is 10.6 Å². The van der Waals surface area contributed by atoms with Gasteiger partial charge in [0.05, 0.1) is 0 Å². The second-order valence-electron chi connectivity index (χ2n) is 3.40. The summed E-state index contributed by atoms with van der Waals surface area (Å²) in [4.78, 5) is 15.8. The van der Waals surface area contributed by atoms with Gasteiger partial charge in [-0.05, 0) is 30.0 Å². The first kappa shape index (κ1) is 13.8. The summed E-state index contributed by atoms with van der Waals surface area (Å²) in [6.07, 6.45) is 0. The van der Waals surface area contributed by atoms with Crippen LogP contribution in [0.5, 0.6) is 0 Å². The molecule has 1 heterocycles. The number of amides is 2. The molecular formula is C11H11FN4OS2. The van der Waals surface area contributed by atoms with Gasteiger partial charge in [-0.3, -0.25) is 5.32 Å². The standard InChI is InChI=1S/C11H11FN4OS2/c1-2-18-11-15-10(19-16-11)14-9(17)13-8-5-3-7(12)4-6-8/h3-6H,2H2,1H3,(H2,13,14,15,16,17). The van der Waals surface area contributed by atoms with Crippen molar-refractivity contribution in [3.63, 3.8) is 0 Å². The number of halogens is 1. The van der Waals surface area contributed by atoms with Gasteiger partial charge in [-0.25, -0.2) is 9.18 Å². The van der Waals surface area contributed by atoms with Crippen LogP contribution in [0.2, 0.25) is 0 Å². The quantitative estimate of drug-likeness (QED) is 0.849. The van der Waals surface area contributed by atoms with E-state index in [0.29, 0.717) is 16.0 Å². The third kappa shape index (κ3) is 4.18. The first-order valence-electron chi connectivity index (χ1n) is 5.47. The fraction of sp³-hybridized carbons (Fsp3) is 0.182. The summed E-state index contributed by atoms with van der Waals surface area (Å²) >= 11 is 2.62. The minimum Gasteiger partial charge on any atom is -0.308 e. The highest BCUT2D eigenvalue weighted by atomic mass is 32.2. The topological polar surface area (TPSA) is 66.9 Å². The Labute approximate surface area is 117 Å². The van der Waals surface area contributed by atoms with Crippen LogP contribution >= 0.6 is 23.3 Å². The van der Waals surface area contributed by atoms with Crippen LogP contribution in [0.25, 0.3) is 0 Å². The largest absolute Gasteiger partial charge is 0.325 e. The van der Waals surface area contributed by atoms with Gasteiger partial charge in [0.1, 0.15) is 5.82 Å². The van der Waals surface area contributed by atoms with Gasteiger partial charge < -0.3 is 5.32 Å². The van der Waals surface area contributed by atoms with Gasteiger partial charge in [-0.2, -0.15) is 9.36 Å². The number of urea groups is 1. The Bertz CT molecular complexity index is 558. The molecule has 0 bridgehead atoms. The first-order chi connectivity index (χ1) is 9.17. The summed E-state index contributed by atoms with van der Waals surface area (Å²) in [5.41, 5.74) is 0.506. The van der Waals surface area contributed by atoms with Crippen molar-refractivity contribution >= 4 is 40.1 Å². The van der Waals surface area contributed by atoms with Crippen molar-refractivity contribution in [2.24, 2.45) is 0 Å². The minimum absolute atomic E-state index is 0.351. The van der Waals surface area contributed by atoms with Crippen LogP contribution in [0.3, 0.4) is 0 Å². The van der Waals surface area contributed by atoms with Crippen LogP contribution in [-0.2, 0) is 0 Å². The number of hydrogen-bond donors (Lipinski definition) is 2. The zero-order chi connectivity index (χ0) is 13.7. The summed E-state index contributed by atoms with van der Waals surface area (Å²) in [7, 11) is 0. The maximum absolute atomic E-state index is 12.7. The molecule has 0 unspecified atom stereocenters. The van der Waals surface area contributed by atoms with Crippen LogP contribution in [0.15, 0.2) is 29.4 Å². The summed E-state index contributed by atoms with van der Waals surface area (Å²) in [5.74, 6) is 0.522. The van der Waals surface area contributed by atoms with E-state index in [2.05, 4.69) is 20.0 Å². The number of carbonyl (C=O) groups is 1. The van der Waals surface area contributed by atoms with E-state index >= 15 is 0 Å². The Morgan fingerprint density at radius 2 is 2.11 bits per heavy atom. The normalized spacial score (nSPS) is 10.2. The molecule has 0 saturated carbocycles. The third-order valence-corrected chi connectivity index (χ3v) is 3.48. The van der Waals surface area contributed by atoms with Crippen molar-refractivity contribution in [1.29, 1.82) is 0 Å². The number of anilines is 2. The van der Waals surface area contributed by atoms with E-state index in [4.69, 9.17) is 0 Å². The summed E-state index contributed by atoms with van der Waals surface area (Å²) in [6.45, 7) is 2.00. The van der Waals surface area contributed by atoms with E-state index in [1.54, 1.807) is 0 Å². The van der Waals surface area contributed by atoms with Crippen LogP contribution in [0.1, 0.15) is 6.92 Å². The lowest BCUT2D eigenvalue weighted by Gasteiger charge is -2.04. The molecule has 0 atom stereocenters. The average Bonchev–Trinajstić information content (AvgIpc) is 2.80. The number of benzene rings is 1. The van der Waals surface area contributed by atoms with Gasteiger partial charge in [0.2, 0.25) is 10.3 Å². The van der Waals surface area contributed by atoms with E-state index in [-0.39, 0.29) is 5.82 Å². The molecule has 0 aliphatic heterocycles. The first-order valence-corrected chi connectivity index (χ1v) is 7.23. The van der Waals surface area contributed by atoms with Crippen molar-refractivity contribution in [2.75, 3.05) is 16.4 Å². The number of nitrogens with zero attached hydrogens (tertiary/aromatic N) is 2. The molecule has 0 aliphatic carbocycles. The molecule has 8 heteroatoms. The predicted molar refractivity (Wildman–Crippen MR) is 75.3 cm³/mol. The number of thioether (sulfide) groups is 1. The molecule has 0 radical (unpaired) electrons. The van der Waals surface area contributed by atoms with Crippen molar-refractivity contribution in [3.05, 3.63) is 30.1 Å². The maximum Gasteiger partial charge on any atom is 0.325 e. The molecule has 100 valence electrons. The molecule has 2 N–H and O–H groups in total. The molecule has 0 spiro atoms. The number of aromatic nitrogens is 2. The smallest absolute Gasteiger partial charge is 0.308 e. The Morgan fingerprint density at radius 1 is 1.37 bits per heavy atom. The lowest BCUT2D eigenvalue weighted by atomic mass is 10.3. The second-order valence-corrected chi connectivity index (χ2v) is 5.38. The SMILES string of the molecule is CCSc1nsc(NC(=O)Nc2ccc(F)cc2)n1. The zero-order valence-electron chi connectivity index (χ0n) is 10.0. The number of nitrogens with one attached hydrogen (secondary N) is 2. The van der Waals surface area contributed by atoms with Crippen LogP contribution in [0, 0.1) is 5.82 Å². The average molecular weight is 298 g/mol. The zero-order valence-corrected chi connectivity index (χ0v) is 11.6. The van der Waals surface area contributed by atoms with E-state index in [9.17, 15) is 9.18 Å². The number of rotatable bonds is 4. The van der Waals surface area contributed by atoms with Gasteiger partial charge in [-0.1, -0.05) is 18.7 Å². The van der Waals surface area contributed by atoms with E-state index < -0.39 is 6.03 Å². The molecule has 2 rings (SSSR count). The highest BCUT2D eigenvalue weighted by Crippen LogP contribution is 2.19. The highest BCUT2D eigenvalue weighted by Gasteiger charge is 2.08. The van der Waals surface area contributed by atoms with Crippen molar-refractivity contribution in [1.82, 2.24) is 9.36 Å². The monoisotopic (exact) mass is 298 g/mol. The maximum atomic E-state index is 12.7. The molecule has 5 nitrogen and oxygen atoms in total. The van der Waals surface area contributed by atoms with Crippen molar-refractivity contribution < 1.29 is 9.18 Å². The lowest BCUT2D eigenvalue weighted by Crippen LogP contribution is -2.19. The van der Waals surface area contributed by atoms with Gasteiger partial charge in [0.25, 0.3) is 0 Å². The Morgan fingerprint density at radius 3 is 2.79 bits per heavy atom. The van der Waals surface area contributed by atoms with Crippen LogP contribution in [-0.4, -0.2) is 21.1 Å². The number of carbonyl (C=O) groups excluding carboxylic acids is 1. The van der Waals surface area contributed by atoms with Crippen molar-refractivity contribution in [2.45, 2.75) is 12.1 Å². The molecular weight excluding hydrogens is 287 g/mol. The van der Waals surface area contributed by atoms with E-state index in [1.165, 1.54) is 36.0 Å². The molecule has 0 fully saturated rings. The molecule has 0 saturated heterocycles. The number of hydrogen-bond acceptors (Lipinski definition) is 5. The summed E-state index contributed by atoms with van der Waals surface area (Å²) in [6, 6.07) is 5.07. The van der Waals surface area contributed by atoms with Gasteiger partial charge in [0.15, 0.2) is 0 Å². The Kier molecular flexibility index (Phi) is 4.69. The Balaban J connectivity index is 1.91. The molecule has 2 amide bonds. The molecule has 1 aromatic heterocycles. The Hall–Kier alpha value is -1.67. The molecule has 0 aliphatic rings. The summed E-state index contributed by atoms with van der Waals surface area (Å²) in [5, 5.41) is 6.22. The highest BCUT2D eigenvalue weighted by molar-refractivity contribution is 7.99. The fourth-order valence-electron chi connectivity index (χ4n) is 1.24. The van der Waals surface area contributed by atoms with E-state index in [0.717, 1.165) is 17.3 Å². The summed E-state index contributed by atoms with van der Waals surface area (Å²) < 4.78 is 16.8. The second kappa shape index (κ2) is 6.48. The fourth-order valence-corrected chi connectivity index (χ4v) is 2.51.